The molecule has 0 saturated carbocycles. The topological polar surface area (TPSA) is 69.9 Å². The first-order chi connectivity index (χ1) is 17.0. The van der Waals surface area contributed by atoms with Gasteiger partial charge in [-0.05, 0) is 50.6 Å². The van der Waals surface area contributed by atoms with Gasteiger partial charge in [0.25, 0.3) is 5.56 Å². The molecule has 0 amide bonds. The van der Waals surface area contributed by atoms with E-state index in [0.717, 1.165) is 34.8 Å². The smallest absolute Gasteiger partial charge is 0.264 e. The van der Waals surface area contributed by atoms with Crippen molar-refractivity contribution in [2.45, 2.75) is 53.6 Å². The normalized spacial score (nSPS) is 11.6. The molecule has 4 aromatic rings. The molecule has 0 aliphatic carbocycles. The van der Waals surface area contributed by atoms with E-state index in [0.29, 0.717) is 11.5 Å². The summed E-state index contributed by atoms with van der Waals surface area (Å²) in [5.41, 5.74) is 3.12. The fraction of sp³-hybridized carbons (Fsp3) is 0.286. The Bertz CT molecular complexity index is 1510. The summed E-state index contributed by atoms with van der Waals surface area (Å²) in [4.78, 5) is 27.0. The number of aryl methyl sites for hydroxylation is 2. The van der Waals surface area contributed by atoms with Gasteiger partial charge in [-0.1, -0.05) is 32.9 Å². The van der Waals surface area contributed by atoms with E-state index >= 15 is 0 Å². The van der Waals surface area contributed by atoms with E-state index < -0.39 is 11.6 Å². The second kappa shape index (κ2) is 9.60. The number of halogens is 2. The van der Waals surface area contributed by atoms with Crippen molar-refractivity contribution in [2.24, 2.45) is 0 Å². The van der Waals surface area contributed by atoms with Gasteiger partial charge in [0.1, 0.15) is 29.9 Å². The van der Waals surface area contributed by atoms with Crippen LogP contribution in [0.3, 0.4) is 0 Å². The van der Waals surface area contributed by atoms with Gasteiger partial charge in [0, 0.05) is 28.8 Å². The van der Waals surface area contributed by atoms with Gasteiger partial charge in [-0.3, -0.25) is 9.36 Å². The highest BCUT2D eigenvalue weighted by atomic mass is 19.1. The van der Waals surface area contributed by atoms with Crippen LogP contribution < -0.4 is 10.3 Å². The lowest BCUT2D eigenvalue weighted by Crippen LogP contribution is -2.26. The van der Waals surface area contributed by atoms with Gasteiger partial charge in [-0.15, -0.1) is 0 Å². The number of benzene rings is 2. The van der Waals surface area contributed by atoms with Crippen LogP contribution in [0.25, 0.3) is 16.9 Å². The molecule has 0 fully saturated rings. The predicted molar refractivity (Wildman–Crippen MR) is 134 cm³/mol. The molecule has 2 aromatic carbocycles. The summed E-state index contributed by atoms with van der Waals surface area (Å²) in [7, 11) is 0. The largest absolute Gasteiger partial charge is 0.472 e. The Kier molecular flexibility index (Phi) is 6.71. The van der Waals surface area contributed by atoms with Crippen LogP contribution in [0.5, 0.6) is 5.88 Å². The van der Waals surface area contributed by atoms with Gasteiger partial charge < -0.3 is 4.74 Å². The molecular weight excluding hydrogens is 462 g/mol. The molecule has 0 spiro atoms. The molecule has 0 radical (unpaired) electrons. The van der Waals surface area contributed by atoms with E-state index in [9.17, 15) is 13.6 Å². The van der Waals surface area contributed by atoms with Crippen LogP contribution in [0.4, 0.5) is 8.78 Å². The van der Waals surface area contributed by atoms with Gasteiger partial charge in [-0.25, -0.2) is 18.7 Å². The molecule has 0 aliphatic rings. The maximum absolute atomic E-state index is 14.0. The minimum atomic E-state index is -0.718. The lowest BCUT2D eigenvalue weighted by atomic mass is 9.95. The van der Waals surface area contributed by atoms with Crippen molar-refractivity contribution in [1.29, 1.82) is 0 Å². The van der Waals surface area contributed by atoms with Gasteiger partial charge in [0.15, 0.2) is 0 Å². The van der Waals surface area contributed by atoms with Crippen molar-refractivity contribution >= 4 is 0 Å². The fourth-order valence-electron chi connectivity index (χ4n) is 3.79. The maximum Gasteiger partial charge on any atom is 0.264 e. The van der Waals surface area contributed by atoms with Crippen molar-refractivity contribution in [2.75, 3.05) is 0 Å². The maximum atomic E-state index is 14.0. The van der Waals surface area contributed by atoms with Crippen LogP contribution >= 0.6 is 0 Å². The van der Waals surface area contributed by atoms with Gasteiger partial charge >= 0.3 is 0 Å². The van der Waals surface area contributed by atoms with Crippen LogP contribution in [0.1, 0.15) is 49.1 Å². The van der Waals surface area contributed by atoms with Crippen molar-refractivity contribution in [3.63, 3.8) is 0 Å². The minimum Gasteiger partial charge on any atom is -0.472 e. The number of hydrogen-bond acceptors (Lipinski definition) is 5. The van der Waals surface area contributed by atoms with E-state index in [-0.39, 0.29) is 34.6 Å². The number of rotatable bonds is 5. The lowest BCUT2D eigenvalue weighted by Gasteiger charge is -2.18. The van der Waals surface area contributed by atoms with Crippen molar-refractivity contribution < 1.29 is 13.5 Å². The third-order valence-corrected chi connectivity index (χ3v) is 5.88. The molecule has 0 N–H and O–H groups in total. The molecule has 0 bridgehead atoms. The van der Waals surface area contributed by atoms with Gasteiger partial charge in [0.2, 0.25) is 5.88 Å². The van der Waals surface area contributed by atoms with Crippen LogP contribution in [0, 0.1) is 32.4 Å². The molecule has 36 heavy (non-hydrogen) atoms. The molecule has 0 unspecified atom stereocenters. The van der Waals surface area contributed by atoms with Crippen molar-refractivity contribution in [3.8, 4) is 22.8 Å². The average molecular weight is 491 g/mol. The Morgan fingerprint density at radius 3 is 2.42 bits per heavy atom. The summed E-state index contributed by atoms with van der Waals surface area (Å²) >= 11 is 0. The summed E-state index contributed by atoms with van der Waals surface area (Å²) in [5.74, 6) is -0.134. The monoisotopic (exact) mass is 490 g/mol. The molecule has 0 atom stereocenters. The average Bonchev–Trinajstić information content (AvgIpc) is 2.82. The Balaban J connectivity index is 1.72. The summed E-state index contributed by atoms with van der Waals surface area (Å²) < 4.78 is 34.4. The first kappa shape index (κ1) is 25.2. The SMILES string of the molecule is Cc1ccc(-c2ccnc(C(C)(C)C)n2)cc1-n1c(C)nc(OCc2ccc(F)cc2F)c(C)c1=O. The van der Waals surface area contributed by atoms with Gasteiger partial charge in [-0.2, -0.15) is 4.98 Å². The summed E-state index contributed by atoms with van der Waals surface area (Å²) in [6, 6.07) is 10.9. The van der Waals surface area contributed by atoms with Crippen LogP contribution in [0.15, 0.2) is 53.5 Å². The van der Waals surface area contributed by atoms with Crippen LogP contribution in [-0.4, -0.2) is 19.5 Å². The molecule has 0 saturated heterocycles. The van der Waals surface area contributed by atoms with E-state index in [1.807, 2.05) is 31.2 Å². The van der Waals surface area contributed by atoms with Gasteiger partial charge in [0.05, 0.1) is 16.9 Å². The Hall–Kier alpha value is -3.94. The Morgan fingerprint density at radius 1 is 0.972 bits per heavy atom. The molecule has 4 rings (SSSR count). The Labute approximate surface area is 208 Å². The third-order valence-electron chi connectivity index (χ3n) is 5.88. The summed E-state index contributed by atoms with van der Waals surface area (Å²) in [6.45, 7) is 11.2. The molecular formula is C28H28F2N4O2. The second-order valence-electron chi connectivity index (χ2n) is 9.77. The minimum absolute atomic E-state index is 0.108. The molecule has 2 heterocycles. The number of aromatic nitrogens is 4. The lowest BCUT2D eigenvalue weighted by molar-refractivity contribution is 0.283. The van der Waals surface area contributed by atoms with Crippen molar-refractivity contribution in [3.05, 3.63) is 99.0 Å². The zero-order valence-electron chi connectivity index (χ0n) is 21.2. The summed E-state index contributed by atoms with van der Waals surface area (Å²) in [5, 5.41) is 0. The Morgan fingerprint density at radius 2 is 1.72 bits per heavy atom. The molecule has 2 aromatic heterocycles. The van der Waals surface area contributed by atoms with E-state index in [1.54, 1.807) is 20.0 Å². The van der Waals surface area contributed by atoms with Crippen LogP contribution in [0.2, 0.25) is 0 Å². The first-order valence-electron chi connectivity index (χ1n) is 11.6. The molecule has 8 heteroatoms. The second-order valence-corrected chi connectivity index (χ2v) is 9.77. The predicted octanol–water partition coefficient (Wildman–Crippen LogP) is 5.77. The van der Waals surface area contributed by atoms with Crippen LogP contribution in [-0.2, 0) is 12.0 Å². The van der Waals surface area contributed by atoms with Crippen molar-refractivity contribution in [1.82, 2.24) is 19.5 Å². The van der Waals surface area contributed by atoms with E-state index in [2.05, 4.69) is 30.7 Å². The highest BCUT2D eigenvalue weighted by Crippen LogP contribution is 2.26. The standard InChI is InChI=1S/C28H28F2N4O2/c1-16-7-8-19(23-11-12-31-27(33-23)28(4,5)6)13-24(16)34-18(3)32-25(17(2)26(34)35)36-15-20-9-10-21(29)14-22(20)30/h7-14H,15H2,1-6H3. The third kappa shape index (κ3) is 5.03. The first-order valence-corrected chi connectivity index (χ1v) is 11.6. The quantitative estimate of drug-likeness (QED) is 0.355. The number of nitrogens with zero attached hydrogens (tertiary/aromatic N) is 4. The highest BCUT2D eigenvalue weighted by molar-refractivity contribution is 5.64. The van der Waals surface area contributed by atoms with E-state index in [1.165, 1.54) is 10.6 Å². The molecule has 186 valence electrons. The fourth-order valence-corrected chi connectivity index (χ4v) is 3.79. The molecule has 0 aliphatic heterocycles. The number of hydrogen-bond donors (Lipinski definition) is 0. The summed E-state index contributed by atoms with van der Waals surface area (Å²) in [6.07, 6.45) is 1.74. The highest BCUT2D eigenvalue weighted by Gasteiger charge is 2.19. The zero-order valence-corrected chi connectivity index (χ0v) is 21.2. The number of ether oxygens (including phenoxy) is 1. The molecule has 6 nitrogen and oxygen atoms in total. The zero-order chi connectivity index (χ0) is 26.2. The van der Waals surface area contributed by atoms with E-state index in [4.69, 9.17) is 9.72 Å².